The molecule has 0 fully saturated rings. The highest BCUT2D eigenvalue weighted by atomic mass is 16.5. The second-order valence-corrected chi connectivity index (χ2v) is 3.27. The molecule has 0 spiro atoms. The maximum absolute atomic E-state index is 11.5. The lowest BCUT2D eigenvalue weighted by molar-refractivity contribution is -0.138. The molecule has 16 heavy (non-hydrogen) atoms. The second kappa shape index (κ2) is 4.18. The minimum Gasteiger partial charge on any atom is -0.480 e. The van der Waals surface area contributed by atoms with Crippen LogP contribution in [0.1, 0.15) is 17.0 Å². The first-order valence-electron chi connectivity index (χ1n) is 4.66. The Bertz CT molecular complexity index is 434. The summed E-state index contributed by atoms with van der Waals surface area (Å²) in [6.07, 6.45) is 1.32. The van der Waals surface area contributed by atoms with Gasteiger partial charge in [0.1, 0.15) is 6.61 Å². The monoisotopic (exact) mass is 223 g/mol. The van der Waals surface area contributed by atoms with Crippen molar-refractivity contribution in [2.24, 2.45) is 4.99 Å². The fourth-order valence-corrected chi connectivity index (χ4v) is 1.31. The molecule has 1 N–H and O–H groups in total. The van der Waals surface area contributed by atoms with Gasteiger partial charge in [0.2, 0.25) is 5.78 Å². The van der Waals surface area contributed by atoms with Crippen LogP contribution in [0.5, 0.6) is 0 Å². The number of carboxylic acids is 1. The molecular weight excluding hydrogens is 214 g/mol. The molecule has 1 aromatic rings. The topological polar surface area (TPSA) is 89.1 Å². The van der Waals surface area contributed by atoms with E-state index in [0.29, 0.717) is 0 Å². The molecule has 1 unspecified atom stereocenters. The standard InChI is InChI=1S/C10H9NO5/c12-7(8-2-1-3-15-8)4-9-11-6(5-16-9)10(13)14/h1-3,6H,4-5H2,(H,13,14). The molecule has 1 aliphatic heterocycles. The van der Waals surface area contributed by atoms with Crippen molar-refractivity contribution in [2.75, 3.05) is 6.61 Å². The second-order valence-electron chi connectivity index (χ2n) is 3.27. The molecule has 0 radical (unpaired) electrons. The molecule has 6 nitrogen and oxygen atoms in total. The van der Waals surface area contributed by atoms with Crippen LogP contribution in [0.3, 0.4) is 0 Å². The van der Waals surface area contributed by atoms with Crippen molar-refractivity contribution in [2.45, 2.75) is 12.5 Å². The Labute approximate surface area is 90.5 Å². The van der Waals surface area contributed by atoms with E-state index in [1.807, 2.05) is 0 Å². The molecule has 0 aliphatic carbocycles. The number of ether oxygens (including phenoxy) is 1. The SMILES string of the molecule is O=C(CC1=NC(C(=O)O)CO1)c1ccco1. The van der Waals surface area contributed by atoms with E-state index in [-0.39, 0.29) is 30.5 Å². The fraction of sp³-hybridized carbons (Fsp3) is 0.300. The van der Waals surface area contributed by atoms with Gasteiger partial charge >= 0.3 is 5.97 Å². The molecule has 2 rings (SSSR count). The first-order valence-corrected chi connectivity index (χ1v) is 4.66. The predicted molar refractivity (Wildman–Crippen MR) is 52.5 cm³/mol. The zero-order valence-electron chi connectivity index (χ0n) is 8.25. The first kappa shape index (κ1) is 10.4. The van der Waals surface area contributed by atoms with Crippen molar-refractivity contribution in [3.63, 3.8) is 0 Å². The Morgan fingerprint density at radius 3 is 2.94 bits per heavy atom. The van der Waals surface area contributed by atoms with Gasteiger partial charge in [-0.2, -0.15) is 0 Å². The van der Waals surface area contributed by atoms with Gasteiger partial charge in [-0.05, 0) is 12.1 Å². The number of ketones is 1. The summed E-state index contributed by atoms with van der Waals surface area (Å²) in [4.78, 5) is 25.9. The average Bonchev–Trinajstić information content (AvgIpc) is 2.87. The van der Waals surface area contributed by atoms with Gasteiger partial charge in [-0.15, -0.1) is 0 Å². The van der Waals surface area contributed by atoms with Gasteiger partial charge in [0, 0.05) is 0 Å². The van der Waals surface area contributed by atoms with E-state index in [4.69, 9.17) is 14.3 Å². The van der Waals surface area contributed by atoms with Crippen LogP contribution >= 0.6 is 0 Å². The molecule has 1 aromatic heterocycles. The van der Waals surface area contributed by atoms with Gasteiger partial charge in [0.15, 0.2) is 17.7 Å². The van der Waals surface area contributed by atoms with Crippen LogP contribution in [0.4, 0.5) is 0 Å². The number of furan rings is 1. The van der Waals surface area contributed by atoms with Crippen molar-refractivity contribution >= 4 is 17.7 Å². The van der Waals surface area contributed by atoms with Crippen LogP contribution < -0.4 is 0 Å². The van der Waals surface area contributed by atoms with E-state index in [0.717, 1.165) is 0 Å². The van der Waals surface area contributed by atoms with Crippen molar-refractivity contribution in [1.82, 2.24) is 0 Å². The number of hydrogen-bond acceptors (Lipinski definition) is 5. The maximum atomic E-state index is 11.5. The summed E-state index contributed by atoms with van der Waals surface area (Å²) in [5, 5.41) is 8.66. The van der Waals surface area contributed by atoms with Crippen LogP contribution in [0.15, 0.2) is 27.8 Å². The van der Waals surface area contributed by atoms with Gasteiger partial charge in [-0.3, -0.25) is 4.79 Å². The van der Waals surface area contributed by atoms with E-state index in [1.165, 1.54) is 12.3 Å². The number of Topliss-reactive ketones (excluding diaryl/α,β-unsaturated/α-hetero) is 1. The Hall–Kier alpha value is -2.11. The molecule has 0 saturated heterocycles. The van der Waals surface area contributed by atoms with Crippen LogP contribution in [-0.4, -0.2) is 35.4 Å². The highest BCUT2D eigenvalue weighted by Crippen LogP contribution is 2.11. The number of aliphatic imine (C=N–C) groups is 1. The highest BCUT2D eigenvalue weighted by Gasteiger charge is 2.26. The van der Waals surface area contributed by atoms with Crippen molar-refractivity contribution in [3.05, 3.63) is 24.2 Å². The number of hydrogen-bond donors (Lipinski definition) is 1. The van der Waals surface area contributed by atoms with Crippen LogP contribution in [0, 0.1) is 0 Å². The smallest absolute Gasteiger partial charge is 0.332 e. The third-order valence-corrected chi connectivity index (χ3v) is 2.10. The van der Waals surface area contributed by atoms with E-state index in [2.05, 4.69) is 4.99 Å². The molecule has 6 heteroatoms. The van der Waals surface area contributed by atoms with Crippen LogP contribution in [0.2, 0.25) is 0 Å². The maximum Gasteiger partial charge on any atom is 0.332 e. The molecule has 84 valence electrons. The third kappa shape index (κ3) is 2.10. The number of carboxylic acid groups (broad SMARTS) is 1. The van der Waals surface area contributed by atoms with E-state index >= 15 is 0 Å². The van der Waals surface area contributed by atoms with E-state index < -0.39 is 12.0 Å². The lowest BCUT2D eigenvalue weighted by atomic mass is 10.2. The van der Waals surface area contributed by atoms with Gasteiger partial charge in [-0.1, -0.05) is 0 Å². The highest BCUT2D eigenvalue weighted by molar-refractivity contribution is 6.06. The third-order valence-electron chi connectivity index (χ3n) is 2.10. The summed E-state index contributed by atoms with van der Waals surface area (Å²) < 4.78 is 9.91. The molecule has 1 aliphatic rings. The average molecular weight is 223 g/mol. The zero-order chi connectivity index (χ0) is 11.5. The predicted octanol–water partition coefficient (Wildman–Crippen LogP) is 0.734. The molecule has 0 aromatic carbocycles. The summed E-state index contributed by atoms with van der Waals surface area (Å²) in [6, 6.07) is 2.23. The number of aliphatic carboxylic acids is 1. The largest absolute Gasteiger partial charge is 0.480 e. The minimum absolute atomic E-state index is 0.0178. The molecule has 0 saturated carbocycles. The minimum atomic E-state index is -1.06. The van der Waals surface area contributed by atoms with Gasteiger partial charge in [0.25, 0.3) is 0 Å². The van der Waals surface area contributed by atoms with Crippen molar-refractivity contribution in [1.29, 1.82) is 0 Å². The quantitative estimate of drug-likeness (QED) is 0.760. The van der Waals surface area contributed by atoms with E-state index in [9.17, 15) is 9.59 Å². The number of nitrogens with zero attached hydrogens (tertiary/aromatic N) is 1. The Kier molecular flexibility index (Phi) is 2.72. The molecule has 1 atom stereocenters. The summed E-state index contributed by atoms with van der Waals surface area (Å²) in [5.74, 6) is -0.978. The van der Waals surface area contributed by atoms with Crippen LogP contribution in [0.25, 0.3) is 0 Å². The molecule has 0 amide bonds. The molecule has 0 bridgehead atoms. The van der Waals surface area contributed by atoms with Gasteiger partial charge in [0.05, 0.1) is 12.7 Å². The number of carbonyl (C=O) groups is 2. The summed E-state index contributed by atoms with van der Waals surface area (Å²) in [5.41, 5.74) is 0. The summed E-state index contributed by atoms with van der Waals surface area (Å²) >= 11 is 0. The first-order chi connectivity index (χ1) is 7.66. The van der Waals surface area contributed by atoms with Crippen molar-refractivity contribution < 1.29 is 23.8 Å². The Morgan fingerprint density at radius 2 is 2.38 bits per heavy atom. The van der Waals surface area contributed by atoms with E-state index in [1.54, 1.807) is 6.07 Å². The zero-order valence-corrected chi connectivity index (χ0v) is 8.25. The molecule has 2 heterocycles. The van der Waals surface area contributed by atoms with Gasteiger partial charge in [-0.25, -0.2) is 9.79 Å². The number of rotatable bonds is 4. The van der Waals surface area contributed by atoms with Crippen molar-refractivity contribution in [3.8, 4) is 0 Å². The Morgan fingerprint density at radius 1 is 1.56 bits per heavy atom. The number of carbonyl (C=O) groups excluding carboxylic acids is 1. The fourth-order valence-electron chi connectivity index (χ4n) is 1.31. The lowest BCUT2D eigenvalue weighted by Gasteiger charge is -1.98. The van der Waals surface area contributed by atoms with Gasteiger partial charge < -0.3 is 14.3 Å². The molecular formula is C10H9NO5. The normalized spacial score (nSPS) is 19.0. The Balaban J connectivity index is 1.99. The van der Waals surface area contributed by atoms with Crippen LogP contribution in [-0.2, 0) is 9.53 Å². The summed E-state index contributed by atoms with van der Waals surface area (Å²) in [7, 11) is 0. The lowest BCUT2D eigenvalue weighted by Crippen LogP contribution is -2.18. The summed E-state index contributed by atoms with van der Waals surface area (Å²) in [6.45, 7) is -0.0178.